The molecule has 0 aromatic rings. The van der Waals surface area contributed by atoms with Crippen LogP contribution in [0.1, 0.15) is 26.7 Å². The fraction of sp³-hybridized carbons (Fsp3) is 0.700. The highest BCUT2D eigenvalue weighted by atomic mass is 79.9. The summed E-state index contributed by atoms with van der Waals surface area (Å²) < 4.78 is 0.0415. The van der Waals surface area contributed by atoms with Crippen LogP contribution in [-0.4, -0.2) is 15.4 Å². The molecule has 2 atom stereocenters. The quantitative estimate of drug-likeness (QED) is 0.714. The number of carbonyl (C=O) groups excluding carboxylic acids is 1. The van der Waals surface area contributed by atoms with Gasteiger partial charge >= 0.3 is 0 Å². The van der Waals surface area contributed by atoms with Crippen molar-refractivity contribution in [2.45, 2.75) is 31.0 Å². The summed E-state index contributed by atoms with van der Waals surface area (Å²) in [5.74, 6) is 0.714. The van der Waals surface area contributed by atoms with E-state index in [1.807, 2.05) is 6.92 Å². The summed E-state index contributed by atoms with van der Waals surface area (Å²) in [5.41, 5.74) is 0.925. The number of Topliss-reactive ketones (excluding diaryl/α,β-unsaturated/α-hetero) is 1. The lowest BCUT2D eigenvalue weighted by Crippen LogP contribution is -2.33. The number of rotatable bonds is 2. The highest BCUT2D eigenvalue weighted by Gasteiger charge is 2.33. The molecule has 0 saturated heterocycles. The average Bonchev–Trinajstić information content (AvgIpc) is 2.09. The zero-order valence-electron chi connectivity index (χ0n) is 7.94. The first-order valence-electron chi connectivity index (χ1n) is 4.42. The topological polar surface area (TPSA) is 17.1 Å². The molecule has 0 fully saturated rings. The lowest BCUT2D eigenvalue weighted by Gasteiger charge is -2.32. The van der Waals surface area contributed by atoms with Crippen LogP contribution in [0, 0.1) is 5.92 Å². The molecule has 3 heteroatoms. The van der Waals surface area contributed by atoms with Crippen LogP contribution in [0.5, 0.6) is 0 Å². The summed E-state index contributed by atoms with van der Waals surface area (Å²) in [4.78, 5) is 11.5. The molecule has 1 aliphatic rings. The summed E-state index contributed by atoms with van der Waals surface area (Å²) >= 11 is 7.12. The number of ketones is 1. The molecule has 0 aromatic heterocycles. The van der Waals surface area contributed by atoms with Crippen LogP contribution in [-0.2, 0) is 4.79 Å². The molecule has 74 valence electrons. The van der Waals surface area contributed by atoms with Gasteiger partial charge in [0.2, 0.25) is 0 Å². The number of hydrogen-bond donors (Lipinski definition) is 0. The predicted molar refractivity (Wildman–Crippen MR) is 62.6 cm³/mol. The molecule has 0 saturated carbocycles. The molecule has 0 N–H and O–H groups in total. The first-order valence-corrected chi connectivity index (χ1v) is 6.33. The van der Waals surface area contributed by atoms with Crippen molar-refractivity contribution in [3.8, 4) is 0 Å². The summed E-state index contributed by atoms with van der Waals surface area (Å²) in [5, 5.41) is 0.880. The van der Waals surface area contributed by atoms with E-state index in [4.69, 9.17) is 0 Å². The van der Waals surface area contributed by atoms with E-state index in [0.717, 1.165) is 17.3 Å². The van der Waals surface area contributed by atoms with E-state index in [0.29, 0.717) is 18.1 Å². The summed E-state index contributed by atoms with van der Waals surface area (Å²) in [6, 6.07) is 0. The van der Waals surface area contributed by atoms with Crippen LogP contribution in [0.4, 0.5) is 0 Å². The van der Waals surface area contributed by atoms with Gasteiger partial charge in [-0.05, 0) is 31.8 Å². The molecule has 0 bridgehead atoms. The van der Waals surface area contributed by atoms with Gasteiger partial charge in [0.1, 0.15) is 0 Å². The zero-order chi connectivity index (χ0) is 10.1. The van der Waals surface area contributed by atoms with Gasteiger partial charge in [-0.25, -0.2) is 0 Å². The third-order valence-electron chi connectivity index (χ3n) is 2.69. The van der Waals surface area contributed by atoms with E-state index in [-0.39, 0.29) is 4.32 Å². The standard InChI is InChI=1S/C10H14Br2O/c1-7-3-4-8(5-9(7)13)10(2,12)6-11/h3,8H,4-6H2,1-2H3/t8-,10+/m1/s1. The predicted octanol–water partition coefficient (Wildman–Crippen LogP) is 3.46. The highest BCUT2D eigenvalue weighted by molar-refractivity contribution is 9.12. The molecule has 1 aliphatic carbocycles. The van der Waals surface area contributed by atoms with Gasteiger partial charge < -0.3 is 0 Å². The zero-order valence-corrected chi connectivity index (χ0v) is 11.1. The molecule has 0 radical (unpaired) electrons. The lowest BCUT2D eigenvalue weighted by molar-refractivity contribution is -0.117. The Bertz CT molecular complexity index is 243. The summed E-state index contributed by atoms with van der Waals surface area (Å²) in [6.45, 7) is 4.03. The molecule has 0 aliphatic heterocycles. The Morgan fingerprint density at radius 2 is 2.31 bits per heavy atom. The van der Waals surface area contributed by atoms with E-state index >= 15 is 0 Å². The van der Waals surface area contributed by atoms with E-state index < -0.39 is 0 Å². The molecule has 0 aromatic carbocycles. The van der Waals surface area contributed by atoms with Crippen LogP contribution in [0.25, 0.3) is 0 Å². The van der Waals surface area contributed by atoms with E-state index in [9.17, 15) is 4.79 Å². The first-order chi connectivity index (χ1) is 5.97. The normalized spacial score (nSPS) is 28.2. The summed E-state index contributed by atoms with van der Waals surface area (Å²) in [6.07, 6.45) is 3.74. The molecule has 0 unspecified atom stereocenters. The van der Waals surface area contributed by atoms with E-state index in [1.54, 1.807) is 0 Å². The first kappa shape index (κ1) is 11.4. The Labute approximate surface area is 96.2 Å². The minimum Gasteiger partial charge on any atom is -0.295 e. The van der Waals surface area contributed by atoms with Crippen LogP contribution in [0.3, 0.4) is 0 Å². The Kier molecular flexibility index (Phi) is 3.75. The van der Waals surface area contributed by atoms with Crippen molar-refractivity contribution < 1.29 is 4.79 Å². The van der Waals surface area contributed by atoms with Crippen molar-refractivity contribution in [2.24, 2.45) is 5.92 Å². The minimum absolute atomic E-state index is 0.0415. The molecule has 1 nitrogen and oxygen atoms in total. The van der Waals surface area contributed by atoms with Crippen molar-refractivity contribution in [3.63, 3.8) is 0 Å². The molecular formula is C10H14Br2O. The number of halogens is 2. The van der Waals surface area contributed by atoms with Gasteiger partial charge in [0.15, 0.2) is 5.78 Å². The maximum Gasteiger partial charge on any atom is 0.158 e. The second kappa shape index (κ2) is 4.26. The van der Waals surface area contributed by atoms with Crippen molar-refractivity contribution in [1.82, 2.24) is 0 Å². The maximum absolute atomic E-state index is 11.5. The molecule has 0 amide bonds. The second-order valence-corrected chi connectivity index (χ2v) is 6.23. The average molecular weight is 310 g/mol. The van der Waals surface area contributed by atoms with E-state index in [2.05, 4.69) is 44.9 Å². The number of alkyl halides is 2. The van der Waals surface area contributed by atoms with Crippen LogP contribution in [0.15, 0.2) is 11.6 Å². The maximum atomic E-state index is 11.5. The van der Waals surface area contributed by atoms with Gasteiger partial charge in [-0.1, -0.05) is 37.9 Å². The van der Waals surface area contributed by atoms with E-state index in [1.165, 1.54) is 0 Å². The van der Waals surface area contributed by atoms with Crippen LogP contribution < -0.4 is 0 Å². The molecule has 0 heterocycles. The lowest BCUT2D eigenvalue weighted by atomic mass is 9.82. The molecular weight excluding hydrogens is 296 g/mol. The van der Waals surface area contributed by atoms with Crippen molar-refractivity contribution in [3.05, 3.63) is 11.6 Å². The Hall–Kier alpha value is 0.370. The van der Waals surface area contributed by atoms with Gasteiger partial charge in [-0.2, -0.15) is 0 Å². The monoisotopic (exact) mass is 308 g/mol. The van der Waals surface area contributed by atoms with Crippen molar-refractivity contribution in [2.75, 3.05) is 5.33 Å². The Morgan fingerprint density at radius 3 is 2.77 bits per heavy atom. The van der Waals surface area contributed by atoms with Gasteiger partial charge in [-0.15, -0.1) is 0 Å². The number of allylic oxidation sites excluding steroid dienone is 2. The highest BCUT2D eigenvalue weighted by Crippen LogP contribution is 2.37. The van der Waals surface area contributed by atoms with Crippen LogP contribution in [0.2, 0.25) is 0 Å². The third kappa shape index (κ3) is 2.66. The largest absolute Gasteiger partial charge is 0.295 e. The fourth-order valence-corrected chi connectivity index (χ4v) is 2.28. The number of hydrogen-bond acceptors (Lipinski definition) is 1. The van der Waals surface area contributed by atoms with Gasteiger partial charge in [-0.3, -0.25) is 4.79 Å². The minimum atomic E-state index is 0.0415. The van der Waals surface area contributed by atoms with Crippen LogP contribution >= 0.6 is 31.9 Å². The second-order valence-electron chi connectivity index (χ2n) is 3.86. The van der Waals surface area contributed by atoms with Gasteiger partial charge in [0.05, 0.1) is 0 Å². The summed E-state index contributed by atoms with van der Waals surface area (Å²) in [7, 11) is 0. The Balaban J connectivity index is 2.73. The van der Waals surface area contributed by atoms with Gasteiger partial charge in [0.25, 0.3) is 0 Å². The smallest absolute Gasteiger partial charge is 0.158 e. The van der Waals surface area contributed by atoms with Crippen molar-refractivity contribution >= 4 is 37.6 Å². The van der Waals surface area contributed by atoms with Crippen molar-refractivity contribution in [1.29, 1.82) is 0 Å². The SMILES string of the molecule is CC1=CC[C@@H]([C@@](C)(Br)CBr)CC1=O. The molecule has 13 heavy (non-hydrogen) atoms. The Morgan fingerprint density at radius 1 is 1.69 bits per heavy atom. The molecule has 1 rings (SSSR count). The molecule has 0 spiro atoms. The fourth-order valence-electron chi connectivity index (χ4n) is 1.47. The third-order valence-corrected chi connectivity index (χ3v) is 5.54. The van der Waals surface area contributed by atoms with Gasteiger partial charge in [0, 0.05) is 16.1 Å². The number of carbonyl (C=O) groups is 1.